The molecule has 0 radical (unpaired) electrons. The van der Waals surface area contributed by atoms with Gasteiger partial charge in [-0.2, -0.15) is 0 Å². The molecule has 0 amide bonds. The largest absolute Gasteiger partial charge is 0.490 e. The van der Waals surface area contributed by atoms with Crippen LogP contribution in [0.3, 0.4) is 0 Å². The van der Waals surface area contributed by atoms with Crippen molar-refractivity contribution in [1.82, 2.24) is 0 Å². The van der Waals surface area contributed by atoms with Crippen molar-refractivity contribution in [3.05, 3.63) is 29.6 Å². The monoisotopic (exact) mass is 267 g/mol. The molecule has 0 aliphatic heterocycles. The molecule has 1 aromatic rings. The van der Waals surface area contributed by atoms with Crippen molar-refractivity contribution in [3.8, 4) is 5.75 Å². The third-order valence-corrected chi connectivity index (χ3v) is 2.69. The van der Waals surface area contributed by atoms with Crippen molar-refractivity contribution < 1.29 is 17.9 Å². The third-order valence-electron chi connectivity index (χ3n) is 2.69. The lowest BCUT2D eigenvalue weighted by molar-refractivity contribution is 0.205. The highest BCUT2D eigenvalue weighted by molar-refractivity contribution is 5.85. The van der Waals surface area contributed by atoms with Crippen LogP contribution in [-0.2, 0) is 0 Å². The highest BCUT2D eigenvalue weighted by atomic mass is 35.5. The number of hydrogen-bond acceptors (Lipinski definition) is 2. The van der Waals surface area contributed by atoms with Crippen LogP contribution in [0.25, 0.3) is 0 Å². The molecule has 2 nitrogen and oxygen atoms in total. The maximum Gasteiger partial charge on any atom is 0.194 e. The number of rotatable bonds is 2. The summed E-state index contributed by atoms with van der Waals surface area (Å²) < 4.78 is 43.7. The summed E-state index contributed by atoms with van der Waals surface area (Å²) in [6, 6.07) is 1.77. The molecule has 0 bridgehead atoms. The smallest absolute Gasteiger partial charge is 0.194 e. The normalized spacial score (nSPS) is 23.3. The van der Waals surface area contributed by atoms with Crippen molar-refractivity contribution in [2.24, 2.45) is 5.73 Å². The molecule has 0 heterocycles. The van der Waals surface area contributed by atoms with Crippen LogP contribution in [0.5, 0.6) is 5.75 Å². The lowest BCUT2D eigenvalue weighted by Gasteiger charge is -2.13. The molecular weight excluding hydrogens is 255 g/mol. The summed E-state index contributed by atoms with van der Waals surface area (Å²) in [5, 5.41) is 0. The van der Waals surface area contributed by atoms with E-state index < -0.39 is 17.5 Å². The molecule has 1 saturated carbocycles. The third kappa shape index (κ3) is 3.26. The molecule has 2 atom stereocenters. The summed E-state index contributed by atoms with van der Waals surface area (Å²) >= 11 is 0. The van der Waals surface area contributed by atoms with Gasteiger partial charge in [0.2, 0.25) is 0 Å². The highest BCUT2D eigenvalue weighted by Gasteiger charge is 2.24. The molecule has 0 aromatic heterocycles. The fourth-order valence-corrected chi connectivity index (χ4v) is 1.87. The van der Waals surface area contributed by atoms with Gasteiger partial charge in [0.05, 0.1) is 0 Å². The standard InChI is InChI=1S/C11H12F3NO.ClH/c12-9-4-8(5-10(13)11(9)14)16-7-2-1-6(15)3-7;/h4-7H,1-3,15H2;1H/t6-,7-;/m0./s1. The van der Waals surface area contributed by atoms with Gasteiger partial charge < -0.3 is 10.5 Å². The van der Waals surface area contributed by atoms with Gasteiger partial charge in [0.1, 0.15) is 11.9 Å². The second kappa shape index (κ2) is 5.60. The molecule has 96 valence electrons. The SMILES string of the molecule is Cl.N[C@H]1CC[C@H](Oc2cc(F)c(F)c(F)c2)C1. The number of nitrogens with two attached hydrogens (primary N) is 1. The number of benzene rings is 1. The van der Waals surface area contributed by atoms with E-state index in [4.69, 9.17) is 10.5 Å². The number of halogens is 4. The number of ether oxygens (including phenoxy) is 1. The van der Waals surface area contributed by atoms with E-state index in [9.17, 15) is 13.2 Å². The Hall–Kier alpha value is -0.940. The van der Waals surface area contributed by atoms with E-state index in [0.717, 1.165) is 25.0 Å². The summed E-state index contributed by atoms with van der Waals surface area (Å²) in [5.41, 5.74) is 5.67. The zero-order valence-electron chi connectivity index (χ0n) is 8.96. The van der Waals surface area contributed by atoms with Crippen molar-refractivity contribution >= 4 is 12.4 Å². The molecule has 0 spiro atoms. The lowest BCUT2D eigenvalue weighted by atomic mass is 10.2. The van der Waals surface area contributed by atoms with E-state index in [1.807, 2.05) is 0 Å². The zero-order valence-corrected chi connectivity index (χ0v) is 9.77. The van der Waals surface area contributed by atoms with E-state index in [-0.39, 0.29) is 30.3 Å². The molecule has 17 heavy (non-hydrogen) atoms. The van der Waals surface area contributed by atoms with Gasteiger partial charge in [-0.15, -0.1) is 12.4 Å². The van der Waals surface area contributed by atoms with Gasteiger partial charge in [0.25, 0.3) is 0 Å². The first-order valence-corrected chi connectivity index (χ1v) is 5.13. The van der Waals surface area contributed by atoms with Gasteiger partial charge in [0.15, 0.2) is 17.5 Å². The summed E-state index contributed by atoms with van der Waals surface area (Å²) in [5.74, 6) is -3.94. The summed E-state index contributed by atoms with van der Waals surface area (Å²) in [6.45, 7) is 0. The minimum Gasteiger partial charge on any atom is -0.490 e. The molecule has 1 aliphatic carbocycles. The number of hydrogen-bond donors (Lipinski definition) is 1. The predicted molar refractivity (Wildman–Crippen MR) is 59.8 cm³/mol. The van der Waals surface area contributed by atoms with Crippen LogP contribution in [-0.4, -0.2) is 12.1 Å². The summed E-state index contributed by atoms with van der Waals surface area (Å²) in [7, 11) is 0. The van der Waals surface area contributed by atoms with Crippen LogP contribution < -0.4 is 10.5 Å². The van der Waals surface area contributed by atoms with E-state index in [0.29, 0.717) is 6.42 Å². The fraction of sp³-hybridized carbons (Fsp3) is 0.455. The Morgan fingerprint density at radius 1 is 1.12 bits per heavy atom. The highest BCUT2D eigenvalue weighted by Crippen LogP contribution is 2.25. The van der Waals surface area contributed by atoms with Crippen LogP contribution in [0.1, 0.15) is 19.3 Å². The topological polar surface area (TPSA) is 35.2 Å². The first kappa shape index (κ1) is 14.1. The van der Waals surface area contributed by atoms with Crippen LogP contribution in [0.2, 0.25) is 0 Å². The molecule has 2 N–H and O–H groups in total. The summed E-state index contributed by atoms with van der Waals surface area (Å²) in [6.07, 6.45) is 2.10. The van der Waals surface area contributed by atoms with Crippen LogP contribution in [0.15, 0.2) is 12.1 Å². The molecule has 0 unspecified atom stereocenters. The average molecular weight is 268 g/mol. The quantitative estimate of drug-likeness (QED) is 0.837. The van der Waals surface area contributed by atoms with Gasteiger partial charge in [-0.1, -0.05) is 0 Å². The Morgan fingerprint density at radius 2 is 1.71 bits per heavy atom. The Morgan fingerprint density at radius 3 is 2.18 bits per heavy atom. The van der Waals surface area contributed by atoms with E-state index >= 15 is 0 Å². The predicted octanol–water partition coefficient (Wildman–Crippen LogP) is 2.78. The molecule has 1 aliphatic rings. The maximum absolute atomic E-state index is 12.9. The molecule has 2 rings (SSSR count). The molecule has 0 saturated heterocycles. The average Bonchev–Trinajstić information content (AvgIpc) is 2.60. The molecule has 1 aromatic carbocycles. The maximum atomic E-state index is 12.9. The van der Waals surface area contributed by atoms with E-state index in [1.54, 1.807) is 0 Å². The molecule has 6 heteroatoms. The van der Waals surface area contributed by atoms with E-state index in [1.165, 1.54) is 0 Å². The van der Waals surface area contributed by atoms with Crippen molar-refractivity contribution in [2.75, 3.05) is 0 Å². The molecule has 1 fully saturated rings. The van der Waals surface area contributed by atoms with Crippen molar-refractivity contribution in [3.63, 3.8) is 0 Å². The van der Waals surface area contributed by atoms with Crippen LogP contribution in [0, 0.1) is 17.5 Å². The Kier molecular flexibility index (Phi) is 4.65. The Balaban J connectivity index is 0.00000144. The second-order valence-electron chi connectivity index (χ2n) is 4.01. The van der Waals surface area contributed by atoms with Gasteiger partial charge in [-0.05, 0) is 19.3 Å². The first-order chi connectivity index (χ1) is 7.56. The van der Waals surface area contributed by atoms with Crippen molar-refractivity contribution in [1.29, 1.82) is 0 Å². The van der Waals surface area contributed by atoms with E-state index in [2.05, 4.69) is 0 Å². The first-order valence-electron chi connectivity index (χ1n) is 5.13. The van der Waals surface area contributed by atoms with Crippen molar-refractivity contribution in [2.45, 2.75) is 31.4 Å². The van der Waals surface area contributed by atoms with Gasteiger partial charge in [-0.25, -0.2) is 13.2 Å². The molecular formula is C11H13ClF3NO. The van der Waals surface area contributed by atoms with Gasteiger partial charge in [0, 0.05) is 18.2 Å². The fourth-order valence-electron chi connectivity index (χ4n) is 1.87. The van der Waals surface area contributed by atoms with Gasteiger partial charge >= 0.3 is 0 Å². The lowest BCUT2D eigenvalue weighted by Crippen LogP contribution is -2.19. The minimum absolute atomic E-state index is 0. The second-order valence-corrected chi connectivity index (χ2v) is 4.01. The van der Waals surface area contributed by atoms with Crippen LogP contribution >= 0.6 is 12.4 Å². The van der Waals surface area contributed by atoms with Crippen LogP contribution in [0.4, 0.5) is 13.2 Å². The Labute approximate surface area is 103 Å². The minimum atomic E-state index is -1.48. The summed E-state index contributed by atoms with van der Waals surface area (Å²) in [4.78, 5) is 0. The zero-order chi connectivity index (χ0) is 11.7. The van der Waals surface area contributed by atoms with Gasteiger partial charge in [-0.3, -0.25) is 0 Å². The Bertz CT molecular complexity index is 379.